The van der Waals surface area contributed by atoms with E-state index in [0.29, 0.717) is 22.2 Å². The molecule has 2 aromatic carbocycles. The summed E-state index contributed by atoms with van der Waals surface area (Å²) in [5.74, 6) is -6.02. The summed E-state index contributed by atoms with van der Waals surface area (Å²) in [6.45, 7) is 0.0917. The standard InChI is InChI=1S/C17H12ClF7N2O/c18-14-7-2-1-5-12(14)10-28-13-6-3-4-11(8-13)9-26-27-17(24,25)15(19,20)16(21,22)23/h1-9,27H,10H2/b26-9-. The summed E-state index contributed by atoms with van der Waals surface area (Å²) >= 11 is 5.98. The molecule has 0 aliphatic heterocycles. The zero-order chi connectivity index (χ0) is 21.0. The van der Waals surface area contributed by atoms with Crippen LogP contribution in [0.4, 0.5) is 30.7 Å². The van der Waals surface area contributed by atoms with Crippen molar-refractivity contribution in [1.82, 2.24) is 5.43 Å². The van der Waals surface area contributed by atoms with Gasteiger partial charge in [0.1, 0.15) is 12.4 Å². The summed E-state index contributed by atoms with van der Waals surface area (Å²) in [7, 11) is 0. The van der Waals surface area contributed by atoms with E-state index >= 15 is 0 Å². The average Bonchev–Trinajstić information content (AvgIpc) is 2.60. The van der Waals surface area contributed by atoms with Crippen molar-refractivity contribution in [3.8, 4) is 5.75 Å². The molecule has 0 saturated heterocycles. The molecular weight excluding hydrogens is 417 g/mol. The fraction of sp³-hybridized carbons (Fsp3) is 0.235. The summed E-state index contributed by atoms with van der Waals surface area (Å²) < 4.78 is 93.3. The maximum absolute atomic E-state index is 13.1. The van der Waals surface area contributed by atoms with Crippen molar-refractivity contribution in [1.29, 1.82) is 0 Å². The summed E-state index contributed by atoms with van der Waals surface area (Å²) in [4.78, 5) is 0. The smallest absolute Gasteiger partial charge is 0.462 e. The first kappa shape index (κ1) is 21.8. The molecule has 1 N–H and O–H groups in total. The molecule has 0 unspecified atom stereocenters. The van der Waals surface area contributed by atoms with Gasteiger partial charge in [-0.15, -0.1) is 0 Å². The molecule has 0 atom stereocenters. The van der Waals surface area contributed by atoms with Crippen LogP contribution in [0.1, 0.15) is 11.1 Å². The van der Waals surface area contributed by atoms with Gasteiger partial charge in [0.15, 0.2) is 0 Å². The topological polar surface area (TPSA) is 33.6 Å². The molecule has 28 heavy (non-hydrogen) atoms. The molecule has 0 radical (unpaired) electrons. The van der Waals surface area contributed by atoms with Crippen LogP contribution >= 0.6 is 11.6 Å². The van der Waals surface area contributed by atoms with E-state index in [0.717, 1.165) is 0 Å². The largest absolute Gasteiger partial charge is 0.489 e. The minimum absolute atomic E-state index is 0.0917. The molecule has 0 amide bonds. The Labute approximate surface area is 159 Å². The number of nitrogens with one attached hydrogen (secondary N) is 1. The summed E-state index contributed by atoms with van der Waals surface area (Å²) in [6.07, 6.45) is -5.78. The van der Waals surface area contributed by atoms with E-state index in [2.05, 4.69) is 5.10 Å². The SMILES string of the molecule is FC(F)(F)C(F)(F)C(F)(F)N/N=C\c1cccc(OCc2ccccc2Cl)c1. The molecule has 0 heterocycles. The Kier molecular flexibility index (Phi) is 6.43. The van der Waals surface area contributed by atoms with Gasteiger partial charge in [0, 0.05) is 10.6 Å². The number of halogens is 8. The van der Waals surface area contributed by atoms with Crippen LogP contribution in [0.2, 0.25) is 5.02 Å². The first-order valence-corrected chi connectivity index (χ1v) is 7.91. The van der Waals surface area contributed by atoms with Gasteiger partial charge in [-0.05, 0) is 23.8 Å². The van der Waals surface area contributed by atoms with Crippen LogP contribution in [-0.4, -0.2) is 24.4 Å². The predicted octanol–water partition coefficient (Wildman–Crippen LogP) is 5.63. The van der Waals surface area contributed by atoms with Crippen molar-refractivity contribution in [3.63, 3.8) is 0 Å². The normalized spacial score (nSPS) is 13.0. The van der Waals surface area contributed by atoms with Gasteiger partial charge >= 0.3 is 18.1 Å². The van der Waals surface area contributed by atoms with Gasteiger partial charge in [0.2, 0.25) is 0 Å². The van der Waals surface area contributed by atoms with Crippen molar-refractivity contribution in [2.24, 2.45) is 5.10 Å². The van der Waals surface area contributed by atoms with Gasteiger partial charge in [-0.25, -0.2) is 5.43 Å². The molecule has 0 fully saturated rings. The van der Waals surface area contributed by atoms with Crippen molar-refractivity contribution < 1.29 is 35.5 Å². The Hall–Kier alpha value is -2.49. The third kappa shape index (κ3) is 5.06. The molecule has 2 rings (SSSR count). The molecule has 11 heteroatoms. The van der Waals surface area contributed by atoms with E-state index in [-0.39, 0.29) is 17.9 Å². The number of ether oxygens (including phenoxy) is 1. The number of hydrogen-bond donors (Lipinski definition) is 1. The maximum Gasteiger partial charge on any atom is 0.462 e. The lowest BCUT2D eigenvalue weighted by atomic mass is 10.2. The Balaban J connectivity index is 2.03. The highest BCUT2D eigenvalue weighted by molar-refractivity contribution is 6.31. The zero-order valence-electron chi connectivity index (χ0n) is 13.8. The lowest BCUT2D eigenvalue weighted by Crippen LogP contribution is -2.58. The number of alkyl halides is 7. The van der Waals surface area contributed by atoms with Crippen molar-refractivity contribution in [3.05, 3.63) is 64.7 Å². The summed E-state index contributed by atoms with van der Waals surface area (Å²) in [5, 5.41) is 3.25. The second-order valence-electron chi connectivity index (χ2n) is 5.47. The zero-order valence-corrected chi connectivity index (χ0v) is 14.5. The van der Waals surface area contributed by atoms with Crippen LogP contribution in [-0.2, 0) is 6.61 Å². The first-order chi connectivity index (χ1) is 12.9. The minimum atomic E-state index is -6.44. The van der Waals surface area contributed by atoms with Crippen molar-refractivity contribution in [2.75, 3.05) is 0 Å². The van der Waals surface area contributed by atoms with Crippen LogP contribution < -0.4 is 10.2 Å². The molecule has 0 aliphatic carbocycles. The first-order valence-electron chi connectivity index (χ1n) is 7.53. The molecular formula is C17H12ClF7N2O. The molecule has 0 saturated carbocycles. The Bertz CT molecular complexity index is 840. The van der Waals surface area contributed by atoms with Crippen LogP contribution in [0, 0.1) is 0 Å². The third-order valence-electron chi connectivity index (χ3n) is 3.38. The Morgan fingerprint density at radius 3 is 2.29 bits per heavy atom. The highest BCUT2D eigenvalue weighted by Gasteiger charge is 2.73. The van der Waals surface area contributed by atoms with E-state index in [1.807, 2.05) is 0 Å². The van der Waals surface area contributed by atoms with Gasteiger partial charge < -0.3 is 4.74 Å². The second-order valence-corrected chi connectivity index (χ2v) is 5.88. The van der Waals surface area contributed by atoms with Crippen LogP contribution in [0.3, 0.4) is 0 Å². The molecule has 152 valence electrons. The number of hydrazone groups is 1. The second kappa shape index (κ2) is 8.26. The van der Waals surface area contributed by atoms with Gasteiger partial charge in [0.05, 0.1) is 6.21 Å². The summed E-state index contributed by atoms with van der Waals surface area (Å²) in [5.41, 5.74) is 1.35. The predicted molar refractivity (Wildman–Crippen MR) is 88.9 cm³/mol. The number of nitrogens with zero attached hydrogens (tertiary/aromatic N) is 1. The molecule has 0 aromatic heterocycles. The van der Waals surface area contributed by atoms with Crippen molar-refractivity contribution in [2.45, 2.75) is 24.8 Å². The highest BCUT2D eigenvalue weighted by Crippen LogP contribution is 2.44. The molecule has 0 bridgehead atoms. The fourth-order valence-electron chi connectivity index (χ4n) is 1.90. The summed E-state index contributed by atoms with van der Waals surface area (Å²) in [6, 6.07) is 6.88. The molecule has 2 aromatic rings. The monoisotopic (exact) mass is 428 g/mol. The van der Waals surface area contributed by atoms with Gasteiger partial charge in [-0.1, -0.05) is 41.9 Å². The maximum atomic E-state index is 13.1. The van der Waals surface area contributed by atoms with Crippen LogP contribution in [0.15, 0.2) is 53.6 Å². The lowest BCUT2D eigenvalue weighted by Gasteiger charge is -2.27. The Morgan fingerprint density at radius 2 is 1.64 bits per heavy atom. The lowest BCUT2D eigenvalue weighted by molar-refractivity contribution is -0.361. The van der Waals surface area contributed by atoms with Gasteiger partial charge in [0.25, 0.3) is 0 Å². The fourth-order valence-corrected chi connectivity index (χ4v) is 2.09. The highest BCUT2D eigenvalue weighted by atomic mass is 35.5. The minimum Gasteiger partial charge on any atom is -0.489 e. The quantitative estimate of drug-likeness (QED) is 0.268. The van der Waals surface area contributed by atoms with E-state index in [1.165, 1.54) is 24.3 Å². The van der Waals surface area contributed by atoms with Crippen LogP contribution in [0.25, 0.3) is 0 Å². The van der Waals surface area contributed by atoms with E-state index < -0.39 is 18.1 Å². The van der Waals surface area contributed by atoms with Gasteiger partial charge in [-0.3, -0.25) is 0 Å². The van der Waals surface area contributed by atoms with E-state index in [4.69, 9.17) is 16.3 Å². The number of hydrogen-bond acceptors (Lipinski definition) is 3. The average molecular weight is 429 g/mol. The Morgan fingerprint density at radius 1 is 0.964 bits per heavy atom. The van der Waals surface area contributed by atoms with E-state index in [1.54, 1.807) is 24.3 Å². The number of rotatable bonds is 7. The van der Waals surface area contributed by atoms with Crippen molar-refractivity contribution >= 4 is 17.8 Å². The van der Waals surface area contributed by atoms with Gasteiger partial charge in [-0.2, -0.15) is 35.8 Å². The molecule has 3 nitrogen and oxygen atoms in total. The molecule has 0 aliphatic rings. The van der Waals surface area contributed by atoms with E-state index in [9.17, 15) is 30.7 Å². The van der Waals surface area contributed by atoms with Crippen LogP contribution in [0.5, 0.6) is 5.75 Å². The number of benzene rings is 2. The molecule has 0 spiro atoms. The third-order valence-corrected chi connectivity index (χ3v) is 3.75.